The lowest BCUT2D eigenvalue weighted by Gasteiger charge is -2.27. The summed E-state index contributed by atoms with van der Waals surface area (Å²) >= 11 is 5.28. The van der Waals surface area contributed by atoms with Gasteiger partial charge in [-0.3, -0.25) is 9.59 Å². The minimum absolute atomic E-state index is 0.0632. The number of rotatable bonds is 7. The third kappa shape index (κ3) is 6.36. The van der Waals surface area contributed by atoms with Crippen LogP contribution in [-0.4, -0.2) is 44.9 Å². The Hall–Kier alpha value is -2.79. The van der Waals surface area contributed by atoms with Crippen LogP contribution >= 0.6 is 12.2 Å². The Morgan fingerprint density at radius 3 is 2.53 bits per heavy atom. The van der Waals surface area contributed by atoms with E-state index in [4.69, 9.17) is 32.9 Å². The van der Waals surface area contributed by atoms with E-state index in [2.05, 4.69) is 4.98 Å². The molecule has 1 aromatic heterocycles. The number of hydrogen-bond donors (Lipinski definition) is 4. The average Bonchev–Trinajstić information content (AvgIpc) is 3.01. The monoisotopic (exact) mass is 443 g/mol. The summed E-state index contributed by atoms with van der Waals surface area (Å²) in [5, 5.41) is 16.1. The zero-order valence-electron chi connectivity index (χ0n) is 16.1. The highest BCUT2D eigenvalue weighted by Crippen LogP contribution is 2.33. The Kier molecular flexibility index (Phi) is 8.48. The Morgan fingerprint density at radius 2 is 1.93 bits per heavy atom. The summed E-state index contributed by atoms with van der Waals surface area (Å²) in [4.78, 5) is 22.6. The van der Waals surface area contributed by atoms with Gasteiger partial charge in [-0.1, -0.05) is 0 Å². The topological polar surface area (TPSA) is 131 Å². The number of aliphatic carboxylic acids is 2. The highest BCUT2D eigenvalue weighted by atomic mass is 32.1. The fraction of sp³-hybridized carbons (Fsp3) is 0.421. The number of nitrogens with zero attached hydrogens (tertiary/aromatic N) is 1. The molecular weight excluding hydrogens is 420 g/mol. The predicted molar refractivity (Wildman–Crippen MR) is 106 cm³/mol. The molecule has 0 saturated carbocycles. The first-order valence-corrected chi connectivity index (χ1v) is 9.67. The summed E-state index contributed by atoms with van der Waals surface area (Å²) in [5.41, 5.74) is 7.08. The lowest BCUT2D eigenvalue weighted by Crippen LogP contribution is -2.27. The van der Waals surface area contributed by atoms with Crippen LogP contribution in [0.1, 0.15) is 36.6 Å². The van der Waals surface area contributed by atoms with Gasteiger partial charge >= 0.3 is 11.9 Å². The van der Waals surface area contributed by atoms with Gasteiger partial charge < -0.3 is 30.2 Å². The van der Waals surface area contributed by atoms with E-state index in [1.165, 1.54) is 6.07 Å². The number of H-pyrrole nitrogens is 1. The quantitative estimate of drug-likeness (QED) is 0.484. The van der Waals surface area contributed by atoms with Gasteiger partial charge in [-0.15, -0.1) is 0 Å². The maximum Gasteiger partial charge on any atom is 0.303 e. The molecule has 0 bridgehead atoms. The third-order valence-corrected chi connectivity index (χ3v) is 4.71. The van der Waals surface area contributed by atoms with Crippen molar-refractivity contribution in [2.45, 2.75) is 38.1 Å². The number of aromatic nitrogens is 2. The highest BCUT2D eigenvalue weighted by molar-refractivity contribution is 7.71. The molecular formula is C19H23F2N3O5S. The molecule has 1 atom stereocenters. The van der Waals surface area contributed by atoms with Gasteiger partial charge in [-0.05, 0) is 31.2 Å². The second kappa shape index (κ2) is 10.8. The van der Waals surface area contributed by atoms with Crippen LogP contribution in [0, 0.1) is 16.4 Å². The van der Waals surface area contributed by atoms with Crippen molar-refractivity contribution in [3.63, 3.8) is 0 Å². The second-order valence-corrected chi connectivity index (χ2v) is 7.07. The van der Waals surface area contributed by atoms with E-state index in [1.54, 1.807) is 0 Å². The molecule has 164 valence electrons. The molecule has 0 saturated heterocycles. The summed E-state index contributed by atoms with van der Waals surface area (Å²) in [7, 11) is 0. The van der Waals surface area contributed by atoms with Gasteiger partial charge in [0.1, 0.15) is 12.4 Å². The molecule has 1 aliphatic heterocycles. The van der Waals surface area contributed by atoms with Crippen molar-refractivity contribution in [2.24, 2.45) is 5.73 Å². The second-order valence-electron chi connectivity index (χ2n) is 6.68. The van der Waals surface area contributed by atoms with Crippen molar-refractivity contribution in [1.29, 1.82) is 0 Å². The van der Waals surface area contributed by atoms with E-state index < -0.39 is 23.6 Å². The Morgan fingerprint density at radius 1 is 1.27 bits per heavy atom. The average molecular weight is 443 g/mol. The summed E-state index contributed by atoms with van der Waals surface area (Å²) < 4.78 is 35.0. The van der Waals surface area contributed by atoms with E-state index in [9.17, 15) is 18.4 Å². The van der Waals surface area contributed by atoms with Crippen molar-refractivity contribution in [3.05, 3.63) is 46.0 Å². The molecule has 1 unspecified atom stereocenters. The molecule has 2 aromatic rings. The van der Waals surface area contributed by atoms with Crippen molar-refractivity contribution < 1.29 is 33.3 Å². The Labute approximate surface area is 176 Å². The van der Waals surface area contributed by atoms with Gasteiger partial charge in [0.15, 0.2) is 16.3 Å². The lowest BCUT2D eigenvalue weighted by atomic mass is 10.0. The van der Waals surface area contributed by atoms with Crippen LogP contribution in [0.5, 0.6) is 5.75 Å². The van der Waals surface area contributed by atoms with Crippen LogP contribution in [0.15, 0.2) is 18.3 Å². The van der Waals surface area contributed by atoms with Crippen molar-refractivity contribution in [2.75, 3.05) is 13.2 Å². The van der Waals surface area contributed by atoms with Crippen LogP contribution in [0.25, 0.3) is 0 Å². The number of nitrogens with two attached hydrogens (primary N) is 1. The number of aromatic amines is 1. The molecule has 30 heavy (non-hydrogen) atoms. The predicted octanol–water partition coefficient (Wildman–Crippen LogP) is 2.83. The standard InChI is InChI=1S/C14H15F2N3OS.C5H8O4/c15-9-3-8-4-11(7-20-13(8)12(16)5-9)19-10(1-2-17)6-18-14(19)21;6-4(7)2-1-3-5(8)9/h3,5-6,11H,1-2,4,7,17H2,(H,18,21);1-3H2,(H,6,7)(H,8,9). The molecule has 1 aromatic carbocycles. The maximum absolute atomic E-state index is 13.7. The first-order chi connectivity index (χ1) is 14.2. The van der Waals surface area contributed by atoms with Crippen molar-refractivity contribution in [3.8, 4) is 5.75 Å². The normalized spacial score (nSPS) is 14.8. The zero-order chi connectivity index (χ0) is 22.3. The van der Waals surface area contributed by atoms with Crippen LogP contribution in [0.4, 0.5) is 8.78 Å². The number of carbonyl (C=O) groups is 2. The molecule has 0 amide bonds. The number of ether oxygens (including phenoxy) is 1. The number of imidazole rings is 1. The molecule has 0 spiro atoms. The Bertz CT molecular complexity index is 946. The van der Waals surface area contributed by atoms with Crippen LogP contribution in [0.2, 0.25) is 0 Å². The molecule has 0 radical (unpaired) electrons. The summed E-state index contributed by atoms with van der Waals surface area (Å²) in [6.45, 7) is 0.791. The molecule has 0 fully saturated rings. The van der Waals surface area contributed by atoms with E-state index in [0.717, 1.165) is 11.8 Å². The molecule has 0 aliphatic carbocycles. The molecule has 1 aliphatic rings. The third-order valence-electron chi connectivity index (χ3n) is 4.40. The first kappa shape index (κ1) is 23.5. The molecule has 8 nitrogen and oxygen atoms in total. The summed E-state index contributed by atoms with van der Waals surface area (Å²) in [6, 6.07) is 2.05. The number of carboxylic acid groups (broad SMARTS) is 2. The van der Waals surface area contributed by atoms with Gasteiger partial charge in [0.25, 0.3) is 0 Å². The number of carboxylic acids is 2. The zero-order valence-corrected chi connectivity index (χ0v) is 16.9. The number of halogens is 2. The Balaban J connectivity index is 0.000000303. The number of nitrogens with one attached hydrogen (secondary N) is 1. The largest absolute Gasteiger partial charge is 0.488 e. The number of fused-ring (bicyclic) bond motifs is 1. The SMILES string of the molecule is NCCc1c[nH]c(=S)n1C1COc2c(F)cc(F)cc2C1.O=C(O)CCCC(=O)O. The fourth-order valence-corrected chi connectivity index (χ4v) is 3.46. The van der Waals surface area contributed by atoms with E-state index >= 15 is 0 Å². The first-order valence-electron chi connectivity index (χ1n) is 9.26. The van der Waals surface area contributed by atoms with E-state index in [0.29, 0.717) is 36.3 Å². The smallest absolute Gasteiger partial charge is 0.303 e. The highest BCUT2D eigenvalue weighted by Gasteiger charge is 2.26. The van der Waals surface area contributed by atoms with Gasteiger partial charge in [0.05, 0.1) is 6.04 Å². The molecule has 5 N–H and O–H groups in total. The van der Waals surface area contributed by atoms with Crippen molar-refractivity contribution >= 4 is 24.2 Å². The minimum atomic E-state index is -0.948. The summed E-state index contributed by atoms with van der Waals surface area (Å²) in [6.07, 6.45) is 3.04. The minimum Gasteiger partial charge on any atom is -0.488 e. The maximum atomic E-state index is 13.7. The fourth-order valence-electron chi connectivity index (χ4n) is 3.13. The van der Waals surface area contributed by atoms with E-state index in [1.807, 2.05) is 10.8 Å². The molecule has 3 rings (SSSR count). The van der Waals surface area contributed by atoms with Crippen LogP contribution in [-0.2, 0) is 22.4 Å². The van der Waals surface area contributed by atoms with Gasteiger partial charge in [0.2, 0.25) is 0 Å². The van der Waals surface area contributed by atoms with Gasteiger partial charge in [0, 0.05) is 49.2 Å². The van der Waals surface area contributed by atoms with Crippen LogP contribution < -0.4 is 10.5 Å². The number of hydrogen-bond acceptors (Lipinski definition) is 5. The summed E-state index contributed by atoms with van der Waals surface area (Å²) in [5.74, 6) is -3.03. The van der Waals surface area contributed by atoms with Gasteiger partial charge in [-0.2, -0.15) is 0 Å². The number of benzene rings is 1. The van der Waals surface area contributed by atoms with Crippen molar-refractivity contribution in [1.82, 2.24) is 9.55 Å². The molecule has 2 heterocycles. The van der Waals surface area contributed by atoms with Gasteiger partial charge in [-0.25, -0.2) is 8.78 Å². The molecule has 11 heteroatoms. The lowest BCUT2D eigenvalue weighted by molar-refractivity contribution is -0.138. The van der Waals surface area contributed by atoms with E-state index in [-0.39, 0.29) is 31.1 Å². The van der Waals surface area contributed by atoms with Crippen LogP contribution in [0.3, 0.4) is 0 Å².